The second-order valence-electron chi connectivity index (χ2n) is 5.09. The van der Waals surface area contributed by atoms with Crippen LogP contribution < -0.4 is 4.74 Å². The van der Waals surface area contributed by atoms with Gasteiger partial charge in [-0.3, -0.25) is 4.79 Å². The van der Waals surface area contributed by atoms with Crippen molar-refractivity contribution in [3.05, 3.63) is 54.1 Å². The van der Waals surface area contributed by atoms with Crippen LogP contribution in [0.4, 0.5) is 0 Å². The zero-order valence-electron chi connectivity index (χ0n) is 13.1. The maximum absolute atomic E-state index is 11.0. The molecule has 0 aliphatic rings. The zero-order chi connectivity index (χ0) is 16.9. The van der Waals surface area contributed by atoms with E-state index in [4.69, 9.17) is 11.2 Å². The molecule has 1 aromatic heterocycles. The Morgan fingerprint density at radius 1 is 1.21 bits per heavy atom. The lowest BCUT2D eigenvalue weighted by atomic mass is 10.1. The fourth-order valence-corrected chi connectivity index (χ4v) is 2.37. The van der Waals surface area contributed by atoms with Gasteiger partial charge in [-0.05, 0) is 30.3 Å². The van der Waals surface area contributed by atoms with E-state index in [0.717, 1.165) is 23.2 Å². The van der Waals surface area contributed by atoms with Crippen LogP contribution in [-0.2, 0) is 6.54 Å². The summed E-state index contributed by atoms with van der Waals surface area (Å²) in [6.07, 6.45) is 6.24. The van der Waals surface area contributed by atoms with Gasteiger partial charge in [-0.15, -0.1) is 11.5 Å². The van der Waals surface area contributed by atoms with Crippen LogP contribution in [0.5, 0.6) is 5.75 Å². The van der Waals surface area contributed by atoms with Gasteiger partial charge >= 0.3 is 0 Å². The highest BCUT2D eigenvalue weighted by atomic mass is 16.5. The molecule has 3 aromatic rings. The average Bonchev–Trinajstić information content (AvgIpc) is 3.06. The Morgan fingerprint density at radius 2 is 2.00 bits per heavy atom. The molecular weight excluding hydrogens is 302 g/mol. The van der Waals surface area contributed by atoms with E-state index in [1.165, 1.54) is 0 Å². The molecule has 0 radical (unpaired) electrons. The smallest absolute Gasteiger partial charge is 0.181 e. The third-order valence-corrected chi connectivity index (χ3v) is 3.54. The molecule has 3 rings (SSSR count). The molecular formula is C19H15N3O2. The molecule has 2 aromatic carbocycles. The molecule has 1 heterocycles. The number of aromatic nitrogens is 3. The minimum atomic E-state index is 0.295. The fourth-order valence-electron chi connectivity index (χ4n) is 2.37. The van der Waals surface area contributed by atoms with Gasteiger partial charge in [-0.1, -0.05) is 24.1 Å². The third kappa shape index (κ3) is 3.03. The van der Waals surface area contributed by atoms with Crippen LogP contribution in [0.15, 0.2) is 48.5 Å². The highest BCUT2D eigenvalue weighted by Crippen LogP contribution is 2.24. The molecule has 118 valence electrons. The van der Waals surface area contributed by atoms with Crippen molar-refractivity contribution >= 4 is 6.29 Å². The lowest BCUT2D eigenvalue weighted by Gasteiger charge is -2.02. The summed E-state index contributed by atoms with van der Waals surface area (Å²) in [5.41, 5.74) is 2.23. The van der Waals surface area contributed by atoms with Gasteiger partial charge in [-0.2, -0.15) is 0 Å². The normalized spacial score (nSPS) is 10.2. The Labute approximate surface area is 139 Å². The lowest BCUT2D eigenvalue weighted by molar-refractivity contribution is 0.112. The molecule has 0 fully saturated rings. The van der Waals surface area contributed by atoms with Crippen LogP contribution >= 0.6 is 0 Å². The van der Waals surface area contributed by atoms with Crippen molar-refractivity contribution in [2.45, 2.75) is 6.54 Å². The number of benzene rings is 2. The molecule has 24 heavy (non-hydrogen) atoms. The topological polar surface area (TPSA) is 57.0 Å². The van der Waals surface area contributed by atoms with E-state index in [1.54, 1.807) is 30.0 Å². The monoisotopic (exact) mass is 317 g/mol. The minimum absolute atomic E-state index is 0.295. The Morgan fingerprint density at radius 3 is 2.67 bits per heavy atom. The van der Waals surface area contributed by atoms with Crippen molar-refractivity contribution in [2.75, 3.05) is 7.11 Å². The first-order valence-corrected chi connectivity index (χ1v) is 7.33. The number of hydrogen-bond acceptors (Lipinski definition) is 4. The summed E-state index contributed by atoms with van der Waals surface area (Å²) < 4.78 is 6.82. The molecule has 0 aliphatic carbocycles. The number of ether oxygens (including phenoxy) is 1. The van der Waals surface area contributed by atoms with Gasteiger partial charge in [0.25, 0.3) is 0 Å². The molecule has 5 heteroatoms. The number of rotatable bonds is 5. The van der Waals surface area contributed by atoms with Gasteiger partial charge < -0.3 is 4.74 Å². The number of aldehydes is 1. The Hall–Kier alpha value is -3.39. The highest BCUT2D eigenvalue weighted by molar-refractivity contribution is 5.78. The summed E-state index contributed by atoms with van der Waals surface area (Å²) in [5.74, 6) is 4.54. The van der Waals surface area contributed by atoms with Gasteiger partial charge in [0.15, 0.2) is 11.6 Å². The summed E-state index contributed by atoms with van der Waals surface area (Å²) in [5, 5.41) is 4.49. The SMILES string of the molecule is C#CCn1nc(-c2ccc(OC)cc2)nc1-c1cccc(C=O)c1. The summed E-state index contributed by atoms with van der Waals surface area (Å²) in [6.45, 7) is 0.295. The van der Waals surface area contributed by atoms with Gasteiger partial charge in [0.05, 0.1) is 7.11 Å². The van der Waals surface area contributed by atoms with Crippen molar-refractivity contribution in [3.8, 4) is 40.9 Å². The van der Waals surface area contributed by atoms with Crippen LogP contribution in [0.3, 0.4) is 0 Å². The predicted molar refractivity (Wildman–Crippen MR) is 91.7 cm³/mol. The molecule has 0 aliphatic heterocycles. The molecule has 0 atom stereocenters. The van der Waals surface area contributed by atoms with Crippen molar-refractivity contribution in [1.82, 2.24) is 14.8 Å². The first-order valence-electron chi connectivity index (χ1n) is 7.33. The summed E-state index contributed by atoms with van der Waals surface area (Å²) >= 11 is 0. The van der Waals surface area contributed by atoms with Gasteiger partial charge in [0.2, 0.25) is 0 Å². The van der Waals surface area contributed by atoms with Gasteiger partial charge in [0, 0.05) is 16.7 Å². The maximum Gasteiger partial charge on any atom is 0.181 e. The third-order valence-electron chi connectivity index (χ3n) is 3.54. The maximum atomic E-state index is 11.0. The predicted octanol–water partition coefficient (Wildman–Crippen LogP) is 3.07. The number of terminal acetylenes is 1. The van der Waals surface area contributed by atoms with E-state index >= 15 is 0 Å². The van der Waals surface area contributed by atoms with Crippen molar-refractivity contribution in [1.29, 1.82) is 0 Å². The highest BCUT2D eigenvalue weighted by Gasteiger charge is 2.13. The first kappa shape index (κ1) is 15.5. The van der Waals surface area contributed by atoms with Crippen LogP contribution in [0, 0.1) is 12.3 Å². The first-order chi connectivity index (χ1) is 11.7. The summed E-state index contributed by atoms with van der Waals surface area (Å²) in [7, 11) is 1.62. The van der Waals surface area contributed by atoms with E-state index in [0.29, 0.717) is 23.8 Å². The van der Waals surface area contributed by atoms with E-state index in [9.17, 15) is 4.79 Å². The number of nitrogens with zero attached hydrogens (tertiary/aromatic N) is 3. The van der Waals surface area contributed by atoms with Crippen molar-refractivity contribution in [2.24, 2.45) is 0 Å². The molecule has 0 N–H and O–H groups in total. The molecule has 0 saturated carbocycles. The van der Waals surface area contributed by atoms with E-state index < -0.39 is 0 Å². The van der Waals surface area contributed by atoms with E-state index in [2.05, 4.69) is 16.0 Å². The summed E-state index contributed by atoms with van der Waals surface area (Å²) in [4.78, 5) is 15.6. The largest absolute Gasteiger partial charge is 0.497 e. The quantitative estimate of drug-likeness (QED) is 0.536. The fraction of sp³-hybridized carbons (Fsp3) is 0.105. The van der Waals surface area contributed by atoms with Crippen molar-refractivity contribution < 1.29 is 9.53 Å². The Bertz CT molecular complexity index is 905. The second-order valence-corrected chi connectivity index (χ2v) is 5.09. The van der Waals surface area contributed by atoms with Crippen LogP contribution in [0.25, 0.3) is 22.8 Å². The second kappa shape index (κ2) is 6.80. The molecule has 0 amide bonds. The molecule has 0 saturated heterocycles. The molecule has 0 spiro atoms. The van der Waals surface area contributed by atoms with E-state index in [1.807, 2.05) is 30.3 Å². The van der Waals surface area contributed by atoms with Gasteiger partial charge in [-0.25, -0.2) is 9.67 Å². The van der Waals surface area contributed by atoms with Crippen LogP contribution in [0.2, 0.25) is 0 Å². The molecule has 5 nitrogen and oxygen atoms in total. The van der Waals surface area contributed by atoms with Crippen LogP contribution in [-0.4, -0.2) is 28.2 Å². The van der Waals surface area contributed by atoms with E-state index in [-0.39, 0.29) is 0 Å². The molecule has 0 unspecified atom stereocenters. The van der Waals surface area contributed by atoms with Crippen molar-refractivity contribution in [3.63, 3.8) is 0 Å². The number of hydrogen-bond donors (Lipinski definition) is 0. The zero-order valence-corrected chi connectivity index (χ0v) is 13.1. The average molecular weight is 317 g/mol. The Kier molecular flexibility index (Phi) is 4.39. The number of methoxy groups -OCH3 is 1. The lowest BCUT2D eigenvalue weighted by Crippen LogP contribution is -2.01. The summed E-state index contributed by atoms with van der Waals surface area (Å²) in [6, 6.07) is 14.7. The van der Waals surface area contributed by atoms with Crippen LogP contribution in [0.1, 0.15) is 10.4 Å². The van der Waals surface area contributed by atoms with Gasteiger partial charge in [0.1, 0.15) is 18.6 Å². The minimum Gasteiger partial charge on any atom is -0.497 e. The number of carbonyl (C=O) groups excluding carboxylic acids is 1. The standard InChI is InChI=1S/C19H15N3O2/c1-3-11-22-19(16-6-4-5-14(12-16)13-23)20-18(21-22)15-7-9-17(24-2)10-8-15/h1,4-10,12-13H,11H2,2H3. The molecule has 0 bridgehead atoms. The Balaban J connectivity index is 2.07. The number of carbonyl (C=O) groups is 1.